The fraction of sp³-hybridized carbons (Fsp3) is 0.833. The summed E-state index contributed by atoms with van der Waals surface area (Å²) >= 11 is 0. The average Bonchev–Trinajstić information content (AvgIpc) is 1.84. The second-order valence-electron chi connectivity index (χ2n) is 2.19. The predicted octanol–water partition coefficient (Wildman–Crippen LogP) is 0.297. The van der Waals surface area contributed by atoms with Gasteiger partial charge in [-0.15, -0.1) is 0 Å². The highest BCUT2D eigenvalue weighted by atomic mass is 16.5. The molecule has 1 N–H and O–H groups in total. The highest BCUT2D eigenvalue weighted by Crippen LogP contribution is 2.04. The van der Waals surface area contributed by atoms with Gasteiger partial charge in [-0.2, -0.15) is 5.26 Å². The van der Waals surface area contributed by atoms with E-state index in [9.17, 15) is 0 Å². The molecule has 0 atom stereocenters. The summed E-state index contributed by atoms with van der Waals surface area (Å²) in [6.45, 7) is 3.50. The second-order valence-corrected chi connectivity index (χ2v) is 2.19. The van der Waals surface area contributed by atoms with Gasteiger partial charge in [0.2, 0.25) is 0 Å². The van der Waals surface area contributed by atoms with Crippen LogP contribution in [0.25, 0.3) is 0 Å². The number of aliphatic hydroxyl groups excluding tert-OH is 1. The summed E-state index contributed by atoms with van der Waals surface area (Å²) in [6, 6.07) is 1.94. The van der Waals surface area contributed by atoms with Crippen LogP contribution >= 0.6 is 0 Å². The maximum atomic E-state index is 8.36. The minimum absolute atomic E-state index is 0.0366. The number of nitrogens with zero attached hydrogens (tertiary/aromatic N) is 1. The quantitative estimate of drug-likeness (QED) is 0.596. The first kappa shape index (κ1) is 8.41. The number of hydrogen-bond acceptors (Lipinski definition) is 3. The first-order valence-electron chi connectivity index (χ1n) is 2.78. The third-order valence-electron chi connectivity index (χ3n) is 0.823. The van der Waals surface area contributed by atoms with E-state index in [1.165, 1.54) is 0 Å². The van der Waals surface area contributed by atoms with E-state index in [4.69, 9.17) is 15.1 Å². The van der Waals surface area contributed by atoms with Crippen LogP contribution in [0, 0.1) is 11.3 Å². The fourth-order valence-corrected chi connectivity index (χ4v) is 0.333. The van der Waals surface area contributed by atoms with Crippen LogP contribution in [0.1, 0.15) is 13.8 Å². The summed E-state index contributed by atoms with van der Waals surface area (Å²) < 4.78 is 4.92. The third kappa shape index (κ3) is 3.95. The normalized spacial score (nSPS) is 10.9. The fourth-order valence-electron chi connectivity index (χ4n) is 0.333. The van der Waals surface area contributed by atoms with Crippen molar-refractivity contribution in [2.24, 2.45) is 0 Å². The van der Waals surface area contributed by atoms with Gasteiger partial charge in [0.25, 0.3) is 0 Å². The monoisotopic (exact) mass is 129 g/mol. The van der Waals surface area contributed by atoms with Gasteiger partial charge in [-0.3, -0.25) is 0 Å². The van der Waals surface area contributed by atoms with Crippen molar-refractivity contribution in [2.45, 2.75) is 19.4 Å². The maximum absolute atomic E-state index is 8.36. The van der Waals surface area contributed by atoms with Crippen molar-refractivity contribution in [2.75, 3.05) is 13.2 Å². The summed E-state index contributed by atoms with van der Waals surface area (Å²) in [5, 5.41) is 16.7. The van der Waals surface area contributed by atoms with Gasteiger partial charge in [0, 0.05) is 0 Å². The molecule has 9 heavy (non-hydrogen) atoms. The topological polar surface area (TPSA) is 53.2 Å². The van der Waals surface area contributed by atoms with Gasteiger partial charge >= 0.3 is 0 Å². The van der Waals surface area contributed by atoms with E-state index < -0.39 is 5.60 Å². The lowest BCUT2D eigenvalue weighted by Gasteiger charge is -2.14. The molecule has 0 aliphatic heterocycles. The molecule has 0 aromatic carbocycles. The molecule has 0 spiro atoms. The smallest absolute Gasteiger partial charge is 0.148 e. The van der Waals surface area contributed by atoms with E-state index in [-0.39, 0.29) is 13.2 Å². The first-order valence-corrected chi connectivity index (χ1v) is 2.78. The number of aliphatic hydroxyl groups is 1. The van der Waals surface area contributed by atoms with Crippen molar-refractivity contribution in [3.05, 3.63) is 0 Å². The molecule has 0 bridgehead atoms. The Bertz CT molecular complexity index is 115. The van der Waals surface area contributed by atoms with Crippen LogP contribution in [0.2, 0.25) is 0 Å². The summed E-state index contributed by atoms with van der Waals surface area (Å²) in [6.07, 6.45) is 0. The van der Waals surface area contributed by atoms with Gasteiger partial charge in [0.1, 0.15) is 5.60 Å². The molecule has 0 radical (unpaired) electrons. The molecule has 0 fully saturated rings. The van der Waals surface area contributed by atoms with Crippen LogP contribution < -0.4 is 0 Å². The zero-order chi connectivity index (χ0) is 7.33. The molecule has 3 heteroatoms. The van der Waals surface area contributed by atoms with Crippen LogP contribution in [0.3, 0.4) is 0 Å². The summed E-state index contributed by atoms with van der Waals surface area (Å²) in [7, 11) is 0. The van der Waals surface area contributed by atoms with Crippen LogP contribution in [-0.2, 0) is 4.74 Å². The molecule has 0 saturated carbocycles. The van der Waals surface area contributed by atoms with E-state index in [1.807, 2.05) is 6.07 Å². The van der Waals surface area contributed by atoms with Gasteiger partial charge in [-0.25, -0.2) is 0 Å². The molecular weight excluding hydrogens is 118 g/mol. The predicted molar refractivity (Wildman–Crippen MR) is 32.7 cm³/mol. The van der Waals surface area contributed by atoms with E-state index >= 15 is 0 Å². The van der Waals surface area contributed by atoms with Crippen LogP contribution in [0.15, 0.2) is 0 Å². The molecule has 0 aromatic rings. The second kappa shape index (κ2) is 3.44. The Balaban J connectivity index is 3.49. The van der Waals surface area contributed by atoms with Gasteiger partial charge in [0.15, 0.2) is 0 Å². The highest BCUT2D eigenvalue weighted by molar-refractivity contribution is 4.93. The van der Waals surface area contributed by atoms with Crippen molar-refractivity contribution < 1.29 is 9.84 Å². The first-order chi connectivity index (χ1) is 4.12. The molecule has 3 nitrogen and oxygen atoms in total. The van der Waals surface area contributed by atoms with Gasteiger partial charge < -0.3 is 9.84 Å². The summed E-state index contributed by atoms with van der Waals surface area (Å²) in [5.74, 6) is 0. The Labute approximate surface area is 54.9 Å². The molecule has 0 saturated heterocycles. The molecule has 0 amide bonds. The minimum Gasteiger partial charge on any atom is -0.394 e. The lowest BCUT2D eigenvalue weighted by molar-refractivity contribution is 0.00472. The molecule has 52 valence electrons. The Morgan fingerprint density at radius 2 is 2.22 bits per heavy atom. The Kier molecular flexibility index (Phi) is 3.21. The van der Waals surface area contributed by atoms with Crippen LogP contribution in [0.5, 0.6) is 0 Å². The molecule has 0 heterocycles. The third-order valence-corrected chi connectivity index (χ3v) is 0.823. The van der Waals surface area contributed by atoms with Crippen molar-refractivity contribution in [1.82, 2.24) is 0 Å². The number of ether oxygens (including phenoxy) is 1. The zero-order valence-corrected chi connectivity index (χ0v) is 5.72. The minimum atomic E-state index is -0.761. The number of nitriles is 1. The standard InChI is InChI=1S/C6H11NO2/c1-6(2,5-7)9-4-3-8/h8H,3-4H2,1-2H3. The molecular formula is C6H11NO2. The Morgan fingerprint density at radius 1 is 1.67 bits per heavy atom. The van der Waals surface area contributed by atoms with E-state index in [1.54, 1.807) is 13.8 Å². The largest absolute Gasteiger partial charge is 0.394 e. The molecule has 0 aliphatic carbocycles. The molecule has 0 aromatic heterocycles. The Hall–Kier alpha value is -0.590. The van der Waals surface area contributed by atoms with E-state index in [0.717, 1.165) is 0 Å². The average molecular weight is 129 g/mol. The number of rotatable bonds is 3. The van der Waals surface area contributed by atoms with Crippen molar-refractivity contribution in [3.63, 3.8) is 0 Å². The maximum Gasteiger partial charge on any atom is 0.148 e. The van der Waals surface area contributed by atoms with Gasteiger partial charge in [0.05, 0.1) is 19.3 Å². The highest BCUT2D eigenvalue weighted by Gasteiger charge is 2.15. The summed E-state index contributed by atoms with van der Waals surface area (Å²) in [5.41, 5.74) is -0.761. The van der Waals surface area contributed by atoms with Crippen molar-refractivity contribution >= 4 is 0 Å². The van der Waals surface area contributed by atoms with Gasteiger partial charge in [-0.1, -0.05) is 0 Å². The van der Waals surface area contributed by atoms with Crippen LogP contribution in [-0.4, -0.2) is 23.9 Å². The Morgan fingerprint density at radius 3 is 2.56 bits per heavy atom. The summed E-state index contributed by atoms with van der Waals surface area (Å²) in [4.78, 5) is 0. The van der Waals surface area contributed by atoms with Crippen molar-refractivity contribution in [1.29, 1.82) is 5.26 Å². The lowest BCUT2D eigenvalue weighted by atomic mass is 10.2. The van der Waals surface area contributed by atoms with Crippen molar-refractivity contribution in [3.8, 4) is 6.07 Å². The number of hydrogen-bond donors (Lipinski definition) is 1. The molecule has 0 aliphatic rings. The zero-order valence-electron chi connectivity index (χ0n) is 5.72. The SMILES string of the molecule is CC(C)(C#N)OCCO. The van der Waals surface area contributed by atoms with E-state index in [0.29, 0.717) is 0 Å². The molecule has 0 rings (SSSR count). The van der Waals surface area contributed by atoms with E-state index in [2.05, 4.69) is 0 Å². The molecule has 0 unspecified atom stereocenters. The van der Waals surface area contributed by atoms with Gasteiger partial charge in [-0.05, 0) is 13.8 Å². The lowest BCUT2D eigenvalue weighted by Crippen LogP contribution is -2.23. The van der Waals surface area contributed by atoms with Crippen LogP contribution in [0.4, 0.5) is 0 Å².